The minimum Gasteiger partial charge on any atom is -0.295 e. The second kappa shape index (κ2) is 5.28. The van der Waals surface area contributed by atoms with Crippen molar-refractivity contribution in [3.05, 3.63) is 0 Å². The molecule has 0 rings (SSSR count). The highest BCUT2D eigenvalue weighted by Crippen LogP contribution is 2.09. The van der Waals surface area contributed by atoms with Gasteiger partial charge in [0.25, 0.3) is 0 Å². The lowest BCUT2D eigenvalue weighted by Gasteiger charge is -2.10. The summed E-state index contributed by atoms with van der Waals surface area (Å²) < 4.78 is 0. The summed E-state index contributed by atoms with van der Waals surface area (Å²) in [5.41, 5.74) is 0.376. The maximum absolute atomic E-state index is 4.32. The van der Waals surface area contributed by atoms with Crippen molar-refractivity contribution in [3.8, 4) is 0 Å². The largest absolute Gasteiger partial charge is 0.295 e. The molecular weight excluding hydrogens is 172 g/mol. The van der Waals surface area contributed by atoms with Crippen LogP contribution in [0.1, 0.15) is 41.5 Å². The zero-order chi connectivity index (χ0) is 11.2. The van der Waals surface area contributed by atoms with E-state index < -0.39 is 0 Å². The van der Waals surface area contributed by atoms with Crippen molar-refractivity contribution in [1.29, 1.82) is 0 Å². The fourth-order valence-corrected chi connectivity index (χ4v) is 0.792. The molecule has 0 radical (unpaired) electrons. The van der Waals surface area contributed by atoms with Gasteiger partial charge in [-0.3, -0.25) is 9.98 Å². The monoisotopic (exact) mass is 196 g/mol. The fraction of sp³-hybridized carbons (Fsp3) is 0.833. The molecule has 0 spiro atoms. The van der Waals surface area contributed by atoms with E-state index in [1.807, 2.05) is 12.4 Å². The van der Waals surface area contributed by atoms with E-state index >= 15 is 0 Å². The van der Waals surface area contributed by atoms with E-state index in [1.165, 1.54) is 0 Å². The summed E-state index contributed by atoms with van der Waals surface area (Å²) in [6, 6.07) is 0. The first-order valence-corrected chi connectivity index (χ1v) is 5.23. The minimum atomic E-state index is 0.188. The average Bonchev–Trinajstić information content (AvgIpc) is 1.92. The van der Waals surface area contributed by atoms with Crippen molar-refractivity contribution >= 4 is 12.4 Å². The van der Waals surface area contributed by atoms with Gasteiger partial charge in [0.1, 0.15) is 0 Å². The minimum absolute atomic E-state index is 0.188. The van der Waals surface area contributed by atoms with Crippen LogP contribution in [0.4, 0.5) is 0 Å². The molecule has 0 atom stereocenters. The molecule has 0 aromatic carbocycles. The maximum atomic E-state index is 4.32. The molecule has 0 aromatic heterocycles. The van der Waals surface area contributed by atoms with Crippen molar-refractivity contribution in [1.82, 2.24) is 0 Å². The number of aliphatic imine (C=N–C) groups is 2. The van der Waals surface area contributed by atoms with Gasteiger partial charge in [0.2, 0.25) is 0 Å². The van der Waals surface area contributed by atoms with Crippen molar-refractivity contribution < 1.29 is 0 Å². The van der Waals surface area contributed by atoms with Crippen LogP contribution in [0.2, 0.25) is 0 Å². The van der Waals surface area contributed by atoms with Gasteiger partial charge >= 0.3 is 0 Å². The van der Waals surface area contributed by atoms with Gasteiger partial charge in [-0.1, -0.05) is 41.5 Å². The molecule has 0 saturated carbocycles. The Kier molecular flexibility index (Phi) is 5.03. The average molecular weight is 196 g/mol. The first-order valence-electron chi connectivity index (χ1n) is 5.23. The predicted molar refractivity (Wildman–Crippen MR) is 65.6 cm³/mol. The van der Waals surface area contributed by atoms with Crippen LogP contribution in [0.25, 0.3) is 0 Å². The Hall–Kier alpha value is -0.660. The van der Waals surface area contributed by atoms with Crippen molar-refractivity contribution in [3.63, 3.8) is 0 Å². The van der Waals surface area contributed by atoms with Crippen molar-refractivity contribution in [2.75, 3.05) is 13.1 Å². The van der Waals surface area contributed by atoms with Crippen LogP contribution >= 0.6 is 0 Å². The fourth-order valence-electron chi connectivity index (χ4n) is 0.792. The molecule has 14 heavy (non-hydrogen) atoms. The summed E-state index contributed by atoms with van der Waals surface area (Å²) >= 11 is 0. The number of hydrogen-bond donors (Lipinski definition) is 0. The molecule has 0 aliphatic carbocycles. The highest BCUT2D eigenvalue weighted by Gasteiger charge is 2.05. The zero-order valence-electron chi connectivity index (χ0n) is 10.5. The van der Waals surface area contributed by atoms with E-state index in [-0.39, 0.29) is 10.8 Å². The molecule has 0 unspecified atom stereocenters. The molecule has 0 aliphatic rings. The third kappa shape index (κ3) is 11.3. The Bertz CT molecular complexity index is 177. The van der Waals surface area contributed by atoms with E-state index in [9.17, 15) is 0 Å². The second-order valence-electron chi connectivity index (χ2n) is 5.80. The molecule has 0 heterocycles. The van der Waals surface area contributed by atoms with Crippen LogP contribution in [0.5, 0.6) is 0 Å². The molecular formula is C12H24N2. The lowest BCUT2D eigenvalue weighted by Crippen LogP contribution is -2.08. The first kappa shape index (κ1) is 13.3. The summed E-state index contributed by atoms with van der Waals surface area (Å²) in [6.07, 6.45) is 4.00. The Morgan fingerprint density at radius 2 is 1.00 bits per heavy atom. The summed E-state index contributed by atoms with van der Waals surface area (Å²) in [6.45, 7) is 14.5. The quantitative estimate of drug-likeness (QED) is 0.489. The maximum Gasteiger partial charge on any atom is 0.0581 e. The summed E-state index contributed by atoms with van der Waals surface area (Å²) in [7, 11) is 0. The van der Waals surface area contributed by atoms with Gasteiger partial charge < -0.3 is 0 Å². The highest BCUT2D eigenvalue weighted by molar-refractivity contribution is 5.64. The molecule has 0 amide bonds. The molecule has 82 valence electrons. The number of rotatable bonds is 3. The normalized spacial score (nSPS) is 14.4. The Balaban J connectivity index is 3.68. The van der Waals surface area contributed by atoms with Gasteiger partial charge in [-0.05, 0) is 10.8 Å². The lowest BCUT2D eigenvalue weighted by atomic mass is 9.99. The van der Waals surface area contributed by atoms with Crippen LogP contribution in [0.3, 0.4) is 0 Å². The molecule has 0 saturated heterocycles. The summed E-state index contributed by atoms with van der Waals surface area (Å²) in [5, 5.41) is 0. The van der Waals surface area contributed by atoms with E-state index in [4.69, 9.17) is 0 Å². The molecule has 0 aliphatic heterocycles. The molecule has 0 N–H and O–H groups in total. The SMILES string of the molecule is CC(C)(C)C=NCCN=CC(C)(C)C. The molecule has 0 bridgehead atoms. The van der Waals surface area contributed by atoms with Crippen molar-refractivity contribution in [2.45, 2.75) is 41.5 Å². The third-order valence-corrected chi connectivity index (χ3v) is 1.32. The van der Waals surface area contributed by atoms with Gasteiger partial charge in [-0.25, -0.2) is 0 Å². The Labute approximate surface area is 88.5 Å². The number of nitrogens with zero attached hydrogens (tertiary/aromatic N) is 2. The smallest absolute Gasteiger partial charge is 0.0581 e. The molecule has 2 nitrogen and oxygen atoms in total. The van der Waals surface area contributed by atoms with Gasteiger partial charge in [0.05, 0.1) is 13.1 Å². The standard InChI is InChI=1S/C12H24N2/c1-11(2,3)9-13-7-8-14-10-12(4,5)6/h9-10H,7-8H2,1-6H3. The Morgan fingerprint density at radius 3 is 1.21 bits per heavy atom. The topological polar surface area (TPSA) is 24.7 Å². The first-order chi connectivity index (χ1) is 6.21. The van der Waals surface area contributed by atoms with Gasteiger partial charge in [0.15, 0.2) is 0 Å². The van der Waals surface area contributed by atoms with Gasteiger partial charge in [0, 0.05) is 12.4 Å². The lowest BCUT2D eigenvalue weighted by molar-refractivity contribution is 0.601. The van der Waals surface area contributed by atoms with Crippen LogP contribution in [-0.2, 0) is 0 Å². The summed E-state index contributed by atoms with van der Waals surface area (Å²) in [5.74, 6) is 0. The molecule has 0 fully saturated rings. The molecule has 0 aromatic rings. The van der Waals surface area contributed by atoms with Crippen LogP contribution in [0, 0.1) is 10.8 Å². The summed E-state index contributed by atoms with van der Waals surface area (Å²) in [4.78, 5) is 8.65. The van der Waals surface area contributed by atoms with Crippen LogP contribution in [0.15, 0.2) is 9.98 Å². The molecule has 2 heteroatoms. The third-order valence-electron chi connectivity index (χ3n) is 1.32. The van der Waals surface area contributed by atoms with Crippen LogP contribution in [-0.4, -0.2) is 25.5 Å². The van der Waals surface area contributed by atoms with Gasteiger partial charge in [-0.15, -0.1) is 0 Å². The van der Waals surface area contributed by atoms with Crippen molar-refractivity contribution in [2.24, 2.45) is 20.8 Å². The zero-order valence-corrected chi connectivity index (χ0v) is 10.5. The second-order valence-corrected chi connectivity index (χ2v) is 5.80. The van der Waals surface area contributed by atoms with Gasteiger partial charge in [-0.2, -0.15) is 0 Å². The van der Waals surface area contributed by atoms with Crippen LogP contribution < -0.4 is 0 Å². The predicted octanol–water partition coefficient (Wildman–Crippen LogP) is 3.22. The van der Waals surface area contributed by atoms with E-state index in [0.29, 0.717) is 0 Å². The number of hydrogen-bond acceptors (Lipinski definition) is 2. The highest BCUT2D eigenvalue weighted by atomic mass is 14.8. The van der Waals surface area contributed by atoms with E-state index in [2.05, 4.69) is 51.5 Å². The van der Waals surface area contributed by atoms with E-state index in [1.54, 1.807) is 0 Å². The van der Waals surface area contributed by atoms with E-state index in [0.717, 1.165) is 13.1 Å². The Morgan fingerprint density at radius 1 is 0.714 bits per heavy atom.